The number of benzene rings is 1. The second-order valence-corrected chi connectivity index (χ2v) is 2.60. The summed E-state index contributed by atoms with van der Waals surface area (Å²) in [6, 6.07) is 5.68. The average Bonchev–Trinajstić information content (AvgIpc) is 2.19. The Morgan fingerprint density at radius 1 is 1.29 bits per heavy atom. The summed E-state index contributed by atoms with van der Waals surface area (Å²) in [6.45, 7) is 0. The fourth-order valence-electron chi connectivity index (χ4n) is 0.907. The number of aldehydes is 1. The Bertz CT molecular complexity index is 357. The molecule has 0 radical (unpaired) electrons. The zero-order valence-corrected chi connectivity index (χ0v) is 7.34. The van der Waals surface area contributed by atoms with Gasteiger partial charge in [0.05, 0.1) is 6.42 Å². The van der Waals surface area contributed by atoms with Gasteiger partial charge in [-0.3, -0.25) is 0 Å². The van der Waals surface area contributed by atoms with Crippen molar-refractivity contribution < 1.29 is 13.6 Å². The molecule has 0 aliphatic carbocycles. The smallest absolute Gasteiger partial charge is 0.263 e. The number of carbonyl (C=O) groups excluding carboxylic acids is 1. The lowest BCUT2D eigenvalue weighted by molar-refractivity contribution is -0.107. The van der Waals surface area contributed by atoms with Crippen LogP contribution in [0.3, 0.4) is 0 Å². The monoisotopic (exact) mass is 194 g/mol. The molecule has 3 heteroatoms. The van der Waals surface area contributed by atoms with Gasteiger partial charge in [-0.1, -0.05) is 24.0 Å². The summed E-state index contributed by atoms with van der Waals surface area (Å²) in [5.41, 5.74) is 0.613. The highest BCUT2D eigenvalue weighted by Crippen LogP contribution is 2.18. The van der Waals surface area contributed by atoms with E-state index >= 15 is 0 Å². The zero-order valence-electron chi connectivity index (χ0n) is 7.34. The van der Waals surface area contributed by atoms with E-state index in [1.807, 2.05) is 0 Å². The Balaban J connectivity index is 2.75. The minimum absolute atomic E-state index is 0.0223. The predicted molar refractivity (Wildman–Crippen MR) is 49.0 cm³/mol. The van der Waals surface area contributed by atoms with Gasteiger partial charge in [-0.25, -0.2) is 8.78 Å². The summed E-state index contributed by atoms with van der Waals surface area (Å²) in [6.07, 6.45) is -1.59. The first kappa shape index (κ1) is 10.4. The normalized spacial score (nSPS) is 9.36. The molecular formula is C11H8F2O. The molecule has 0 saturated carbocycles. The third-order valence-electron chi connectivity index (χ3n) is 1.58. The lowest BCUT2D eigenvalue weighted by Gasteiger charge is -1.97. The van der Waals surface area contributed by atoms with Crippen molar-refractivity contribution in [3.05, 3.63) is 35.4 Å². The molecule has 0 saturated heterocycles. The topological polar surface area (TPSA) is 17.1 Å². The second kappa shape index (κ2) is 5.13. The molecule has 0 aliphatic heterocycles. The van der Waals surface area contributed by atoms with Crippen molar-refractivity contribution in [2.75, 3.05) is 0 Å². The van der Waals surface area contributed by atoms with Crippen LogP contribution in [-0.2, 0) is 4.79 Å². The first-order valence-corrected chi connectivity index (χ1v) is 4.04. The first-order valence-electron chi connectivity index (χ1n) is 4.04. The molecule has 0 fully saturated rings. The molecule has 0 bridgehead atoms. The van der Waals surface area contributed by atoms with Crippen LogP contribution in [0.2, 0.25) is 0 Å². The van der Waals surface area contributed by atoms with E-state index in [-0.39, 0.29) is 12.0 Å². The molecular weight excluding hydrogens is 186 g/mol. The summed E-state index contributed by atoms with van der Waals surface area (Å²) in [5, 5.41) is 0. The van der Waals surface area contributed by atoms with Crippen molar-refractivity contribution >= 4 is 6.29 Å². The van der Waals surface area contributed by atoms with E-state index in [0.29, 0.717) is 11.8 Å². The molecule has 0 atom stereocenters. The second-order valence-electron chi connectivity index (χ2n) is 2.60. The highest BCUT2D eigenvalue weighted by atomic mass is 19.3. The van der Waals surface area contributed by atoms with Crippen LogP contribution in [0.1, 0.15) is 24.0 Å². The predicted octanol–water partition coefficient (Wildman–Crippen LogP) is 2.56. The van der Waals surface area contributed by atoms with Gasteiger partial charge in [0.15, 0.2) is 0 Å². The van der Waals surface area contributed by atoms with Gasteiger partial charge in [-0.2, -0.15) is 0 Å². The molecule has 14 heavy (non-hydrogen) atoms. The van der Waals surface area contributed by atoms with Crippen molar-refractivity contribution in [1.29, 1.82) is 0 Å². The Kier molecular flexibility index (Phi) is 3.81. The lowest BCUT2D eigenvalue weighted by Crippen LogP contribution is -1.83. The largest absolute Gasteiger partial charge is 0.302 e. The van der Waals surface area contributed by atoms with Crippen LogP contribution in [0.15, 0.2) is 24.3 Å². The van der Waals surface area contributed by atoms with Crippen molar-refractivity contribution in [1.82, 2.24) is 0 Å². The lowest BCUT2D eigenvalue weighted by atomic mass is 10.1. The molecule has 0 heterocycles. The van der Waals surface area contributed by atoms with Crippen molar-refractivity contribution in [2.45, 2.75) is 12.8 Å². The van der Waals surface area contributed by atoms with Gasteiger partial charge in [0, 0.05) is 11.1 Å². The molecule has 1 nitrogen and oxygen atoms in total. The van der Waals surface area contributed by atoms with Gasteiger partial charge < -0.3 is 4.79 Å². The van der Waals surface area contributed by atoms with Gasteiger partial charge in [0.2, 0.25) is 0 Å². The fraction of sp³-hybridized carbons (Fsp3) is 0.182. The highest BCUT2D eigenvalue weighted by Gasteiger charge is 2.04. The first-order chi connectivity index (χ1) is 6.74. The standard InChI is InChI=1S/C11H8F2O/c12-11(13)10-6-4-9(5-7-10)3-1-2-8-14/h4-8,11H,2H2. The molecule has 0 N–H and O–H groups in total. The fourth-order valence-corrected chi connectivity index (χ4v) is 0.907. The number of hydrogen-bond acceptors (Lipinski definition) is 1. The minimum Gasteiger partial charge on any atom is -0.302 e. The summed E-state index contributed by atoms with van der Waals surface area (Å²) in [5.74, 6) is 5.28. The van der Waals surface area contributed by atoms with Crippen LogP contribution in [0.25, 0.3) is 0 Å². The van der Waals surface area contributed by atoms with E-state index < -0.39 is 6.43 Å². The number of rotatable bonds is 2. The molecule has 0 spiro atoms. The Morgan fingerprint density at radius 3 is 2.43 bits per heavy atom. The Morgan fingerprint density at radius 2 is 1.93 bits per heavy atom. The maximum atomic E-state index is 12.1. The number of carbonyl (C=O) groups is 1. The third kappa shape index (κ3) is 2.98. The molecule has 72 valence electrons. The summed E-state index contributed by atoms with van der Waals surface area (Å²) >= 11 is 0. The van der Waals surface area contributed by atoms with Crippen LogP contribution in [0, 0.1) is 11.8 Å². The van der Waals surface area contributed by atoms with E-state index in [9.17, 15) is 13.6 Å². The molecule has 0 aromatic heterocycles. The van der Waals surface area contributed by atoms with Crippen LogP contribution in [-0.4, -0.2) is 6.29 Å². The van der Waals surface area contributed by atoms with Gasteiger partial charge in [0.25, 0.3) is 6.43 Å². The van der Waals surface area contributed by atoms with Crippen molar-refractivity contribution in [3.63, 3.8) is 0 Å². The summed E-state index contributed by atoms with van der Waals surface area (Å²) in [7, 11) is 0. The quantitative estimate of drug-likeness (QED) is 0.522. The third-order valence-corrected chi connectivity index (χ3v) is 1.58. The molecule has 0 aliphatic rings. The number of halogens is 2. The van der Waals surface area contributed by atoms with E-state index in [0.717, 1.165) is 0 Å². The van der Waals surface area contributed by atoms with Crippen molar-refractivity contribution in [3.8, 4) is 11.8 Å². The Hall–Kier alpha value is -1.69. The van der Waals surface area contributed by atoms with E-state index in [4.69, 9.17) is 0 Å². The zero-order chi connectivity index (χ0) is 10.4. The van der Waals surface area contributed by atoms with Gasteiger partial charge in [-0.15, -0.1) is 0 Å². The highest BCUT2D eigenvalue weighted by molar-refractivity contribution is 5.55. The van der Waals surface area contributed by atoms with Gasteiger partial charge in [-0.05, 0) is 12.1 Å². The molecule has 0 unspecified atom stereocenters. The maximum absolute atomic E-state index is 12.1. The Labute approximate surface area is 80.7 Å². The van der Waals surface area contributed by atoms with Gasteiger partial charge in [0.1, 0.15) is 6.29 Å². The molecule has 1 aromatic carbocycles. The van der Waals surface area contributed by atoms with E-state index in [1.54, 1.807) is 0 Å². The number of alkyl halides is 2. The number of hydrogen-bond donors (Lipinski definition) is 0. The maximum Gasteiger partial charge on any atom is 0.263 e. The van der Waals surface area contributed by atoms with E-state index in [1.165, 1.54) is 24.3 Å². The molecule has 1 aromatic rings. The average molecular weight is 194 g/mol. The van der Waals surface area contributed by atoms with E-state index in [2.05, 4.69) is 11.8 Å². The molecule has 0 amide bonds. The summed E-state index contributed by atoms with van der Waals surface area (Å²) in [4.78, 5) is 9.94. The van der Waals surface area contributed by atoms with Crippen LogP contribution >= 0.6 is 0 Å². The van der Waals surface area contributed by atoms with Crippen LogP contribution < -0.4 is 0 Å². The molecule has 1 rings (SSSR count). The minimum atomic E-state index is -2.45. The summed E-state index contributed by atoms with van der Waals surface area (Å²) < 4.78 is 24.2. The SMILES string of the molecule is O=CCC#Cc1ccc(C(F)F)cc1. The van der Waals surface area contributed by atoms with Gasteiger partial charge >= 0.3 is 0 Å². The van der Waals surface area contributed by atoms with Crippen molar-refractivity contribution in [2.24, 2.45) is 0 Å². The van der Waals surface area contributed by atoms with Crippen LogP contribution in [0.4, 0.5) is 8.78 Å². The van der Waals surface area contributed by atoms with Crippen LogP contribution in [0.5, 0.6) is 0 Å².